The summed E-state index contributed by atoms with van der Waals surface area (Å²) in [5.41, 5.74) is 10.9. The van der Waals surface area contributed by atoms with E-state index in [1.165, 1.54) is 0 Å². The number of hydrogen-bond acceptors (Lipinski definition) is 9. The second-order valence-corrected chi connectivity index (χ2v) is 7.27. The molecular weight excluding hydrogens is 446 g/mol. The molecule has 3 amide bonds. The molecule has 15 nitrogen and oxygen atoms in total. The van der Waals surface area contributed by atoms with Crippen LogP contribution < -0.4 is 27.4 Å². The zero-order valence-corrected chi connectivity index (χ0v) is 18.0. The highest BCUT2D eigenvalue weighted by molar-refractivity contribution is 5.95. The van der Waals surface area contributed by atoms with Gasteiger partial charge in [0.05, 0.1) is 25.0 Å². The molecule has 0 saturated carbocycles. The highest BCUT2D eigenvalue weighted by Gasteiger charge is 2.33. The molecular formula is C18H31N5O10. The minimum absolute atomic E-state index is 0.0411. The van der Waals surface area contributed by atoms with E-state index in [1.54, 1.807) is 0 Å². The van der Waals surface area contributed by atoms with E-state index in [4.69, 9.17) is 26.8 Å². The van der Waals surface area contributed by atoms with E-state index in [0.29, 0.717) is 19.4 Å². The Balaban J connectivity index is 5.45. The van der Waals surface area contributed by atoms with Crippen LogP contribution in [0.3, 0.4) is 0 Å². The molecule has 5 unspecified atom stereocenters. The summed E-state index contributed by atoms with van der Waals surface area (Å²) in [6, 6.07) is -6.22. The molecule has 33 heavy (non-hydrogen) atoms. The van der Waals surface area contributed by atoms with Crippen molar-refractivity contribution in [2.75, 3.05) is 6.54 Å². The number of nitrogens with two attached hydrogens (primary N) is 2. The monoisotopic (exact) mass is 477 g/mol. The Kier molecular flexibility index (Phi) is 13.2. The molecule has 0 fully saturated rings. The first-order valence-corrected chi connectivity index (χ1v) is 10.0. The highest BCUT2D eigenvalue weighted by Crippen LogP contribution is 2.05. The van der Waals surface area contributed by atoms with Gasteiger partial charge in [-0.1, -0.05) is 0 Å². The summed E-state index contributed by atoms with van der Waals surface area (Å²) in [6.07, 6.45) is -2.27. The summed E-state index contributed by atoms with van der Waals surface area (Å²) < 4.78 is 0. The third kappa shape index (κ3) is 11.8. The Morgan fingerprint density at radius 2 is 1.33 bits per heavy atom. The number of aliphatic hydroxyl groups excluding tert-OH is 1. The Morgan fingerprint density at radius 3 is 1.79 bits per heavy atom. The molecule has 0 aromatic heterocycles. The van der Waals surface area contributed by atoms with Gasteiger partial charge in [-0.25, -0.2) is 4.79 Å². The van der Waals surface area contributed by atoms with Crippen molar-refractivity contribution in [3.8, 4) is 0 Å². The maximum Gasteiger partial charge on any atom is 0.326 e. The smallest absolute Gasteiger partial charge is 0.326 e. The number of nitrogens with one attached hydrogen (secondary N) is 3. The van der Waals surface area contributed by atoms with E-state index < -0.39 is 78.7 Å². The van der Waals surface area contributed by atoms with Gasteiger partial charge < -0.3 is 47.8 Å². The highest BCUT2D eigenvalue weighted by atomic mass is 16.4. The van der Waals surface area contributed by atoms with Crippen LogP contribution in [0.1, 0.15) is 39.0 Å². The van der Waals surface area contributed by atoms with Crippen molar-refractivity contribution in [1.29, 1.82) is 0 Å². The van der Waals surface area contributed by atoms with Gasteiger partial charge >= 0.3 is 17.9 Å². The molecule has 0 saturated heterocycles. The van der Waals surface area contributed by atoms with Crippen LogP contribution in [0.25, 0.3) is 0 Å². The third-order valence-electron chi connectivity index (χ3n) is 4.37. The zero-order chi connectivity index (χ0) is 25.7. The molecule has 0 radical (unpaired) electrons. The van der Waals surface area contributed by atoms with Gasteiger partial charge in [-0.05, 0) is 32.7 Å². The molecule has 11 N–H and O–H groups in total. The standard InChI is InChI=1S/C18H31N5O10/c1-8(24)14(17(31)22-11(18(32)33)7-13(27)28)23-16(30)10(4-2-3-5-19)21-15(29)9(20)6-12(25)26/h8-11,14,24H,2-7,19-20H2,1H3,(H,21,29)(H,22,31)(H,23,30)(H,25,26)(H,27,28)(H,32,33). The molecule has 0 rings (SSSR count). The average Bonchev–Trinajstić information content (AvgIpc) is 2.69. The lowest BCUT2D eigenvalue weighted by Crippen LogP contribution is -2.60. The number of aliphatic carboxylic acids is 3. The van der Waals surface area contributed by atoms with Crippen LogP contribution >= 0.6 is 0 Å². The van der Waals surface area contributed by atoms with Crippen molar-refractivity contribution >= 4 is 35.6 Å². The summed E-state index contributed by atoms with van der Waals surface area (Å²) in [5, 5.41) is 42.9. The summed E-state index contributed by atoms with van der Waals surface area (Å²) in [5.74, 6) is -7.50. The van der Waals surface area contributed by atoms with Crippen molar-refractivity contribution in [2.45, 2.75) is 69.3 Å². The number of carbonyl (C=O) groups is 6. The SMILES string of the molecule is CC(O)C(NC(=O)C(CCCCN)NC(=O)C(N)CC(=O)O)C(=O)NC(CC(=O)O)C(=O)O. The fourth-order valence-corrected chi connectivity index (χ4v) is 2.62. The van der Waals surface area contributed by atoms with E-state index in [0.717, 1.165) is 6.92 Å². The Morgan fingerprint density at radius 1 is 0.788 bits per heavy atom. The average molecular weight is 477 g/mol. The molecule has 5 atom stereocenters. The lowest BCUT2D eigenvalue weighted by molar-refractivity contribution is -0.148. The molecule has 15 heteroatoms. The van der Waals surface area contributed by atoms with Crippen LogP contribution in [0.4, 0.5) is 0 Å². The zero-order valence-electron chi connectivity index (χ0n) is 18.0. The molecule has 0 aliphatic rings. The minimum Gasteiger partial charge on any atom is -0.481 e. The predicted octanol–water partition coefficient (Wildman–Crippen LogP) is -3.69. The van der Waals surface area contributed by atoms with Crippen LogP contribution in [0.2, 0.25) is 0 Å². The molecule has 0 aromatic rings. The van der Waals surface area contributed by atoms with E-state index in [1.807, 2.05) is 5.32 Å². The third-order valence-corrected chi connectivity index (χ3v) is 4.37. The first-order chi connectivity index (χ1) is 15.3. The minimum atomic E-state index is -1.82. The number of carboxylic acids is 3. The number of rotatable bonds is 16. The fourth-order valence-electron chi connectivity index (χ4n) is 2.62. The first-order valence-electron chi connectivity index (χ1n) is 10.0. The van der Waals surface area contributed by atoms with Crippen molar-refractivity contribution in [3.63, 3.8) is 0 Å². The van der Waals surface area contributed by atoms with E-state index in [9.17, 15) is 33.9 Å². The largest absolute Gasteiger partial charge is 0.481 e. The second-order valence-electron chi connectivity index (χ2n) is 7.27. The number of hydrogen-bond donors (Lipinski definition) is 9. The Hall–Kier alpha value is -3.30. The number of amides is 3. The van der Waals surface area contributed by atoms with Crippen LogP contribution in [0.15, 0.2) is 0 Å². The molecule has 0 aliphatic carbocycles. The van der Waals surface area contributed by atoms with E-state index in [2.05, 4.69) is 10.6 Å². The maximum atomic E-state index is 12.7. The van der Waals surface area contributed by atoms with Crippen molar-refractivity contribution in [1.82, 2.24) is 16.0 Å². The van der Waals surface area contributed by atoms with Crippen molar-refractivity contribution in [2.24, 2.45) is 11.5 Å². The normalized spacial score (nSPS) is 15.3. The topological polar surface area (TPSA) is 271 Å². The first kappa shape index (κ1) is 29.7. The van der Waals surface area contributed by atoms with Gasteiger partial charge in [-0.2, -0.15) is 0 Å². The number of carbonyl (C=O) groups excluding carboxylic acids is 3. The number of unbranched alkanes of at least 4 members (excludes halogenated alkanes) is 1. The fraction of sp³-hybridized carbons (Fsp3) is 0.667. The van der Waals surface area contributed by atoms with Gasteiger partial charge in [-0.3, -0.25) is 24.0 Å². The van der Waals surface area contributed by atoms with Crippen molar-refractivity contribution in [3.05, 3.63) is 0 Å². The molecule has 0 bridgehead atoms. The van der Waals surface area contributed by atoms with Crippen LogP contribution in [0, 0.1) is 0 Å². The molecule has 188 valence electrons. The van der Waals surface area contributed by atoms with Gasteiger partial charge in [0.25, 0.3) is 0 Å². The molecule has 0 spiro atoms. The maximum absolute atomic E-state index is 12.7. The number of aliphatic hydroxyl groups is 1. The molecule has 0 aliphatic heterocycles. The van der Waals surface area contributed by atoms with E-state index >= 15 is 0 Å². The summed E-state index contributed by atoms with van der Waals surface area (Å²) >= 11 is 0. The van der Waals surface area contributed by atoms with Crippen molar-refractivity contribution < 1.29 is 49.2 Å². The summed E-state index contributed by atoms with van der Waals surface area (Å²) in [6.45, 7) is 1.42. The van der Waals surface area contributed by atoms with Gasteiger partial charge in [0.2, 0.25) is 17.7 Å². The van der Waals surface area contributed by atoms with E-state index in [-0.39, 0.29) is 6.42 Å². The second kappa shape index (κ2) is 14.7. The van der Waals surface area contributed by atoms with Gasteiger partial charge in [0, 0.05) is 0 Å². The van der Waals surface area contributed by atoms with Gasteiger partial charge in [0.15, 0.2) is 0 Å². The lowest BCUT2D eigenvalue weighted by Gasteiger charge is -2.26. The van der Waals surface area contributed by atoms with Gasteiger partial charge in [-0.15, -0.1) is 0 Å². The number of carboxylic acid groups (broad SMARTS) is 3. The van der Waals surface area contributed by atoms with Crippen LogP contribution in [-0.2, 0) is 28.8 Å². The Bertz CT molecular complexity index is 729. The van der Waals surface area contributed by atoms with Crippen LogP contribution in [0.5, 0.6) is 0 Å². The lowest BCUT2D eigenvalue weighted by atomic mass is 10.1. The molecule has 0 aromatic carbocycles. The Labute approximate surface area is 188 Å². The summed E-state index contributed by atoms with van der Waals surface area (Å²) in [4.78, 5) is 70.0. The predicted molar refractivity (Wildman–Crippen MR) is 110 cm³/mol. The van der Waals surface area contributed by atoms with Gasteiger partial charge in [0.1, 0.15) is 18.1 Å². The summed E-state index contributed by atoms with van der Waals surface area (Å²) in [7, 11) is 0. The van der Waals surface area contributed by atoms with Crippen LogP contribution in [-0.4, -0.2) is 92.9 Å². The quantitative estimate of drug-likeness (QED) is 0.0972. The molecule has 0 heterocycles.